The number of sulfonamides is 1. The molecule has 2 heterocycles. The minimum absolute atomic E-state index is 0.105. The van der Waals surface area contributed by atoms with Gasteiger partial charge in [0.15, 0.2) is 0 Å². The number of piperidine rings is 1. The molecule has 1 N–H and O–H groups in total. The molecule has 1 amide bonds. The third-order valence-electron chi connectivity index (χ3n) is 6.03. The van der Waals surface area contributed by atoms with Crippen molar-refractivity contribution in [3.05, 3.63) is 58.8 Å². The number of carbonyl (C=O) groups is 2. The smallest absolute Gasteiger partial charge is 0.295 e. The van der Waals surface area contributed by atoms with Gasteiger partial charge in [0, 0.05) is 50.2 Å². The van der Waals surface area contributed by atoms with Crippen molar-refractivity contribution in [2.75, 3.05) is 38.6 Å². The summed E-state index contributed by atoms with van der Waals surface area (Å²) in [6.45, 7) is 1.19. The number of ketones is 1. The van der Waals surface area contributed by atoms with Crippen LogP contribution in [0.2, 0.25) is 0 Å². The Labute approximate surface area is 198 Å². The first-order valence-electron chi connectivity index (χ1n) is 10.8. The zero-order chi connectivity index (χ0) is 23.6. The Morgan fingerprint density at radius 2 is 1.73 bits per heavy atom. The van der Waals surface area contributed by atoms with E-state index in [4.69, 9.17) is 0 Å². The van der Waals surface area contributed by atoms with Crippen molar-refractivity contribution in [2.45, 2.75) is 17.7 Å². The highest BCUT2D eigenvalue weighted by Gasteiger charge is 2.29. The molecule has 3 aromatic rings. The highest BCUT2D eigenvalue weighted by atomic mass is 32.2. The van der Waals surface area contributed by atoms with Gasteiger partial charge in [0.05, 0.1) is 9.77 Å². The molecule has 0 atom stereocenters. The van der Waals surface area contributed by atoms with Gasteiger partial charge < -0.3 is 9.80 Å². The van der Waals surface area contributed by atoms with E-state index in [0.717, 1.165) is 11.1 Å². The van der Waals surface area contributed by atoms with E-state index in [1.54, 1.807) is 34.5 Å². The summed E-state index contributed by atoms with van der Waals surface area (Å²) in [5, 5.41) is 3.34. The van der Waals surface area contributed by atoms with Crippen LogP contribution >= 0.6 is 11.3 Å². The highest BCUT2D eigenvalue weighted by molar-refractivity contribution is 7.89. The molecule has 0 bridgehead atoms. The molecule has 1 aliphatic heterocycles. The van der Waals surface area contributed by atoms with Crippen LogP contribution in [0.4, 0.5) is 5.69 Å². The van der Waals surface area contributed by atoms with Gasteiger partial charge in [-0.3, -0.25) is 9.59 Å². The normalized spacial score (nSPS) is 15.0. The summed E-state index contributed by atoms with van der Waals surface area (Å²) in [5.74, 6) is -0.853. The number of Topliss-reactive ketones (excluding diaryl/α,β-unsaturated/α-hetero) is 1. The first-order chi connectivity index (χ1) is 15.8. The van der Waals surface area contributed by atoms with Crippen molar-refractivity contribution >= 4 is 49.5 Å². The summed E-state index contributed by atoms with van der Waals surface area (Å²) in [7, 11) is 0.156. The standard InChI is InChI=1S/C24H27N3O4S2/c1-26(2)20-8-3-7-19-18(20)6-4-10-22(19)33(30,31)25-16-17-11-13-27(14-12-17)24(29)23(28)21-9-5-15-32-21/h3-10,15,17,25H,11-14,16H2,1-2H3. The van der Waals surface area contributed by atoms with Crippen LogP contribution in [0.15, 0.2) is 58.8 Å². The van der Waals surface area contributed by atoms with Gasteiger partial charge in [0.25, 0.3) is 11.7 Å². The Morgan fingerprint density at radius 3 is 2.39 bits per heavy atom. The number of hydrogen-bond acceptors (Lipinski definition) is 6. The van der Waals surface area contributed by atoms with Gasteiger partial charge in [0.2, 0.25) is 10.0 Å². The van der Waals surface area contributed by atoms with Gasteiger partial charge >= 0.3 is 0 Å². The second-order valence-corrected chi connectivity index (χ2v) is 11.1. The molecule has 1 saturated heterocycles. The molecule has 33 heavy (non-hydrogen) atoms. The number of amides is 1. The lowest BCUT2D eigenvalue weighted by molar-refractivity contribution is -0.127. The largest absolute Gasteiger partial charge is 0.377 e. The predicted octanol–water partition coefficient (Wildman–Crippen LogP) is 3.37. The molecular formula is C24H27N3O4S2. The lowest BCUT2D eigenvalue weighted by Gasteiger charge is -2.31. The van der Waals surface area contributed by atoms with Crippen LogP contribution in [0.5, 0.6) is 0 Å². The van der Waals surface area contributed by atoms with Gasteiger partial charge in [-0.05, 0) is 42.3 Å². The molecule has 174 valence electrons. The first kappa shape index (κ1) is 23.4. The summed E-state index contributed by atoms with van der Waals surface area (Å²) in [5.41, 5.74) is 0.957. The number of carbonyl (C=O) groups excluding carboxylic acids is 2. The number of likely N-dealkylation sites (tertiary alicyclic amines) is 1. The fourth-order valence-corrected chi connectivity index (χ4v) is 6.18. The van der Waals surface area contributed by atoms with Gasteiger partial charge in [-0.2, -0.15) is 0 Å². The summed E-state index contributed by atoms with van der Waals surface area (Å²) in [4.78, 5) is 29.0. The molecular weight excluding hydrogens is 458 g/mol. The molecule has 7 nitrogen and oxygen atoms in total. The predicted molar refractivity (Wildman–Crippen MR) is 131 cm³/mol. The maximum absolute atomic E-state index is 13.1. The minimum Gasteiger partial charge on any atom is -0.377 e. The average molecular weight is 486 g/mol. The summed E-state index contributed by atoms with van der Waals surface area (Å²) < 4.78 is 29.0. The number of nitrogens with one attached hydrogen (secondary N) is 1. The molecule has 0 spiro atoms. The third-order valence-corrected chi connectivity index (χ3v) is 8.38. The Hall–Kier alpha value is -2.75. The number of anilines is 1. The molecule has 9 heteroatoms. The van der Waals surface area contributed by atoms with Crippen LogP contribution in [0.25, 0.3) is 10.8 Å². The number of nitrogens with zero attached hydrogens (tertiary/aromatic N) is 2. The molecule has 1 aliphatic rings. The first-order valence-corrected chi connectivity index (χ1v) is 13.2. The van der Waals surface area contributed by atoms with Crippen molar-refractivity contribution in [3.63, 3.8) is 0 Å². The second kappa shape index (κ2) is 9.62. The number of rotatable bonds is 7. The average Bonchev–Trinajstić information content (AvgIpc) is 3.36. The van der Waals surface area contributed by atoms with E-state index in [1.165, 1.54) is 11.3 Å². The second-order valence-electron chi connectivity index (χ2n) is 8.42. The van der Waals surface area contributed by atoms with E-state index >= 15 is 0 Å². The van der Waals surface area contributed by atoms with Crippen LogP contribution in [0.1, 0.15) is 22.5 Å². The van der Waals surface area contributed by atoms with Crippen molar-refractivity contribution in [3.8, 4) is 0 Å². The number of benzene rings is 2. The zero-order valence-electron chi connectivity index (χ0n) is 18.7. The van der Waals surface area contributed by atoms with Crippen molar-refractivity contribution < 1.29 is 18.0 Å². The molecule has 2 aromatic carbocycles. The number of hydrogen-bond donors (Lipinski definition) is 1. The highest BCUT2D eigenvalue weighted by Crippen LogP contribution is 2.30. The van der Waals surface area contributed by atoms with E-state index in [9.17, 15) is 18.0 Å². The third kappa shape index (κ3) is 4.95. The Morgan fingerprint density at radius 1 is 1.03 bits per heavy atom. The topological polar surface area (TPSA) is 86.8 Å². The Balaban J connectivity index is 1.40. The van der Waals surface area contributed by atoms with Crippen LogP contribution < -0.4 is 9.62 Å². The van der Waals surface area contributed by atoms with E-state index in [1.807, 2.05) is 43.3 Å². The van der Waals surface area contributed by atoms with Crippen LogP contribution in [-0.2, 0) is 14.8 Å². The minimum atomic E-state index is -3.70. The lowest BCUT2D eigenvalue weighted by atomic mass is 9.97. The van der Waals surface area contributed by atoms with Crippen molar-refractivity contribution in [2.24, 2.45) is 5.92 Å². The molecule has 0 aliphatic carbocycles. The lowest BCUT2D eigenvalue weighted by Crippen LogP contribution is -2.44. The quantitative estimate of drug-likeness (QED) is 0.410. The van der Waals surface area contributed by atoms with Crippen LogP contribution in [-0.4, -0.2) is 58.7 Å². The van der Waals surface area contributed by atoms with E-state index in [2.05, 4.69) is 4.72 Å². The Kier molecular flexibility index (Phi) is 6.83. The van der Waals surface area contributed by atoms with Gasteiger partial charge in [-0.15, -0.1) is 11.3 Å². The molecule has 1 fully saturated rings. The fraction of sp³-hybridized carbons (Fsp3) is 0.333. The van der Waals surface area contributed by atoms with Crippen molar-refractivity contribution in [1.29, 1.82) is 0 Å². The van der Waals surface area contributed by atoms with Crippen LogP contribution in [0, 0.1) is 5.92 Å². The maximum Gasteiger partial charge on any atom is 0.295 e. The monoisotopic (exact) mass is 485 g/mol. The SMILES string of the molecule is CN(C)c1cccc2c(S(=O)(=O)NCC3CCN(C(=O)C(=O)c4cccs4)CC3)cccc12. The van der Waals surface area contributed by atoms with Gasteiger partial charge in [-0.1, -0.05) is 30.3 Å². The fourth-order valence-electron chi connectivity index (χ4n) is 4.19. The summed E-state index contributed by atoms with van der Waals surface area (Å²) >= 11 is 1.26. The number of fused-ring (bicyclic) bond motifs is 1. The summed E-state index contributed by atoms with van der Waals surface area (Å²) in [6, 6.07) is 14.4. The molecule has 0 radical (unpaired) electrons. The Bertz CT molecular complexity index is 1260. The van der Waals surface area contributed by atoms with Gasteiger partial charge in [0.1, 0.15) is 0 Å². The van der Waals surface area contributed by atoms with Gasteiger partial charge in [-0.25, -0.2) is 13.1 Å². The van der Waals surface area contributed by atoms with Crippen molar-refractivity contribution in [1.82, 2.24) is 9.62 Å². The zero-order valence-corrected chi connectivity index (χ0v) is 20.3. The number of thiophene rings is 1. The maximum atomic E-state index is 13.1. The van der Waals surface area contributed by atoms with E-state index in [-0.39, 0.29) is 10.8 Å². The summed E-state index contributed by atoms with van der Waals surface area (Å²) in [6.07, 6.45) is 1.29. The molecule has 0 unspecified atom stereocenters. The molecule has 0 saturated carbocycles. The molecule has 4 rings (SSSR count). The molecule has 1 aromatic heterocycles. The van der Waals surface area contributed by atoms with E-state index in [0.29, 0.717) is 42.7 Å². The van der Waals surface area contributed by atoms with E-state index < -0.39 is 21.7 Å². The van der Waals surface area contributed by atoms with Crippen LogP contribution in [0.3, 0.4) is 0 Å².